The number of nitrogens with two attached hydrogens (primary N) is 1. The van der Waals surface area contributed by atoms with Crippen LogP contribution in [-0.4, -0.2) is 30.1 Å². The minimum Gasteiger partial charge on any atom is -0.403 e. The molecule has 0 atom stereocenters. The van der Waals surface area contributed by atoms with Crippen LogP contribution in [0.5, 0.6) is 0 Å². The van der Waals surface area contributed by atoms with E-state index in [2.05, 4.69) is 15.3 Å². The summed E-state index contributed by atoms with van der Waals surface area (Å²) in [6.07, 6.45) is -0.674. The van der Waals surface area contributed by atoms with E-state index in [-0.39, 0.29) is 22.0 Å². The van der Waals surface area contributed by atoms with Crippen LogP contribution in [0.4, 0.5) is 17.6 Å². The lowest BCUT2D eigenvalue weighted by Gasteiger charge is -2.03. The number of hydrogen-bond donors (Lipinski definition) is 2. The maximum absolute atomic E-state index is 13.7. The van der Waals surface area contributed by atoms with E-state index in [1.807, 2.05) is 0 Å². The number of halogens is 4. The molecule has 25 heavy (non-hydrogen) atoms. The average molecular weight is 372 g/mol. The molecule has 1 aromatic carbocycles. The van der Waals surface area contributed by atoms with E-state index in [1.54, 1.807) is 0 Å². The lowest BCUT2D eigenvalue weighted by Crippen LogP contribution is -2.24. The molecule has 1 amide bonds. The third-order valence-corrected chi connectivity index (χ3v) is 3.68. The molecule has 0 unspecified atom stereocenters. The Morgan fingerprint density at radius 1 is 1.36 bits per heavy atom. The lowest BCUT2D eigenvalue weighted by atomic mass is 10.2. The predicted molar refractivity (Wildman–Crippen MR) is 86.6 cm³/mol. The number of carbonyl (C=O) groups is 1. The molecule has 0 aliphatic rings. The highest BCUT2D eigenvalue weighted by molar-refractivity contribution is 7.13. The fourth-order valence-electron chi connectivity index (χ4n) is 1.74. The highest BCUT2D eigenvalue weighted by atomic mass is 32.1. The summed E-state index contributed by atoms with van der Waals surface area (Å²) in [5, 5.41) is 3.61. The maximum Gasteiger partial charge on any atom is 0.275 e. The number of rotatable bonds is 6. The van der Waals surface area contributed by atoms with Crippen molar-refractivity contribution in [2.45, 2.75) is 6.43 Å². The van der Waals surface area contributed by atoms with Gasteiger partial charge in [-0.05, 0) is 12.1 Å². The minimum atomic E-state index is -2.62. The molecule has 1 heterocycles. The van der Waals surface area contributed by atoms with Crippen molar-refractivity contribution >= 4 is 23.5 Å². The van der Waals surface area contributed by atoms with Gasteiger partial charge in [0.15, 0.2) is 0 Å². The number of amides is 1. The maximum atomic E-state index is 13.7. The summed E-state index contributed by atoms with van der Waals surface area (Å²) in [6, 6.07) is 3.37. The van der Waals surface area contributed by atoms with Gasteiger partial charge in [-0.25, -0.2) is 22.5 Å². The van der Waals surface area contributed by atoms with E-state index in [4.69, 9.17) is 5.73 Å². The molecule has 2 aromatic rings. The van der Waals surface area contributed by atoms with Crippen LogP contribution in [0, 0.1) is 11.6 Å². The average Bonchev–Trinajstić information content (AvgIpc) is 3.03. The van der Waals surface area contributed by atoms with Crippen molar-refractivity contribution in [2.24, 2.45) is 10.7 Å². The Labute approximate surface area is 143 Å². The quantitative estimate of drug-likeness (QED) is 0.604. The van der Waals surface area contributed by atoms with Gasteiger partial charge in [0.25, 0.3) is 12.3 Å². The first-order chi connectivity index (χ1) is 11.9. The normalized spacial score (nSPS) is 12.1. The van der Waals surface area contributed by atoms with Crippen molar-refractivity contribution in [3.05, 3.63) is 52.8 Å². The first-order valence-electron chi connectivity index (χ1n) is 6.83. The van der Waals surface area contributed by atoms with Gasteiger partial charge in [0.1, 0.15) is 22.3 Å². The number of allylic oxidation sites excluding steroid dienone is 1. The zero-order valence-electron chi connectivity index (χ0n) is 12.5. The highest BCUT2D eigenvalue weighted by Crippen LogP contribution is 2.28. The first-order valence-corrected chi connectivity index (χ1v) is 7.71. The molecule has 0 aliphatic carbocycles. The summed E-state index contributed by atoms with van der Waals surface area (Å²) in [5.41, 5.74) is 4.82. The third kappa shape index (κ3) is 4.86. The van der Waals surface area contributed by atoms with Crippen molar-refractivity contribution in [2.75, 3.05) is 6.54 Å². The molecule has 0 saturated carbocycles. The molecule has 0 saturated heterocycles. The van der Waals surface area contributed by atoms with Crippen LogP contribution >= 0.6 is 11.3 Å². The largest absolute Gasteiger partial charge is 0.403 e. The second kappa shape index (κ2) is 8.38. The Bertz CT molecular complexity index is 799. The SMILES string of the molecule is NC=C(C=NCC(F)F)NC(=O)c1csc(-c2c(F)cccc2F)n1. The van der Waals surface area contributed by atoms with E-state index < -0.39 is 30.5 Å². The molecule has 0 radical (unpaired) electrons. The van der Waals surface area contributed by atoms with Gasteiger partial charge in [0, 0.05) is 17.8 Å². The lowest BCUT2D eigenvalue weighted by molar-refractivity contribution is 0.0964. The number of alkyl halides is 2. The molecule has 1 aromatic heterocycles. The van der Waals surface area contributed by atoms with Gasteiger partial charge in [0.2, 0.25) is 0 Å². The van der Waals surface area contributed by atoms with Gasteiger partial charge in [-0.1, -0.05) is 6.07 Å². The van der Waals surface area contributed by atoms with Crippen LogP contribution in [0.1, 0.15) is 10.5 Å². The molecule has 0 fully saturated rings. The summed E-state index contributed by atoms with van der Waals surface area (Å²) >= 11 is 0.880. The summed E-state index contributed by atoms with van der Waals surface area (Å²) in [7, 11) is 0. The predicted octanol–water partition coefficient (Wildman–Crippen LogP) is 2.95. The van der Waals surface area contributed by atoms with Crippen LogP contribution in [0.3, 0.4) is 0 Å². The highest BCUT2D eigenvalue weighted by Gasteiger charge is 2.17. The van der Waals surface area contributed by atoms with E-state index in [1.165, 1.54) is 11.4 Å². The fourth-order valence-corrected chi connectivity index (χ4v) is 2.58. The van der Waals surface area contributed by atoms with Crippen LogP contribution in [-0.2, 0) is 0 Å². The Morgan fingerprint density at radius 3 is 2.64 bits per heavy atom. The molecule has 132 valence electrons. The van der Waals surface area contributed by atoms with E-state index >= 15 is 0 Å². The van der Waals surface area contributed by atoms with Gasteiger partial charge in [-0.3, -0.25) is 9.79 Å². The number of nitrogens with zero attached hydrogens (tertiary/aromatic N) is 2. The fraction of sp³-hybridized carbons (Fsp3) is 0.133. The molecule has 5 nitrogen and oxygen atoms in total. The topological polar surface area (TPSA) is 80.4 Å². The number of nitrogens with one attached hydrogen (secondary N) is 1. The Morgan fingerprint density at radius 2 is 2.04 bits per heavy atom. The number of benzene rings is 1. The number of hydrogen-bond acceptors (Lipinski definition) is 5. The van der Waals surface area contributed by atoms with E-state index in [0.717, 1.165) is 35.9 Å². The summed E-state index contributed by atoms with van der Waals surface area (Å²) in [6.45, 7) is -0.735. The number of aromatic nitrogens is 1. The second-order valence-corrected chi connectivity index (χ2v) is 5.45. The van der Waals surface area contributed by atoms with E-state index in [9.17, 15) is 22.4 Å². The molecule has 2 rings (SSSR count). The third-order valence-electron chi connectivity index (χ3n) is 2.82. The number of carbonyl (C=O) groups excluding carboxylic acids is 1. The van der Waals surface area contributed by atoms with Crippen molar-refractivity contribution < 1.29 is 22.4 Å². The molecule has 10 heteroatoms. The van der Waals surface area contributed by atoms with Gasteiger partial charge in [-0.15, -0.1) is 11.3 Å². The summed E-state index contributed by atoms with van der Waals surface area (Å²) < 4.78 is 51.5. The Kier molecular flexibility index (Phi) is 6.23. The van der Waals surface area contributed by atoms with Crippen molar-refractivity contribution in [3.8, 4) is 10.6 Å². The van der Waals surface area contributed by atoms with Gasteiger partial charge in [0.05, 0.1) is 17.8 Å². The second-order valence-electron chi connectivity index (χ2n) is 4.60. The van der Waals surface area contributed by atoms with Gasteiger partial charge >= 0.3 is 0 Å². The molecular formula is C15H12F4N4OS. The zero-order valence-corrected chi connectivity index (χ0v) is 13.4. The van der Waals surface area contributed by atoms with Crippen LogP contribution < -0.4 is 11.1 Å². The monoisotopic (exact) mass is 372 g/mol. The molecule has 0 aliphatic heterocycles. The van der Waals surface area contributed by atoms with Crippen molar-refractivity contribution in [1.29, 1.82) is 0 Å². The summed E-state index contributed by atoms with van der Waals surface area (Å²) in [5.74, 6) is -2.33. The van der Waals surface area contributed by atoms with Crippen LogP contribution in [0.25, 0.3) is 10.6 Å². The molecule has 0 bridgehead atoms. The molecule has 0 spiro atoms. The minimum absolute atomic E-state index is 0.00889. The smallest absolute Gasteiger partial charge is 0.275 e. The van der Waals surface area contributed by atoms with Crippen molar-refractivity contribution in [3.63, 3.8) is 0 Å². The Hall–Kier alpha value is -2.75. The van der Waals surface area contributed by atoms with E-state index in [0.29, 0.717) is 0 Å². The molecule has 3 N–H and O–H groups in total. The van der Waals surface area contributed by atoms with Crippen molar-refractivity contribution in [1.82, 2.24) is 10.3 Å². The van der Waals surface area contributed by atoms with Crippen LogP contribution in [0.2, 0.25) is 0 Å². The summed E-state index contributed by atoms with van der Waals surface area (Å²) in [4.78, 5) is 19.4. The van der Waals surface area contributed by atoms with Gasteiger partial charge in [-0.2, -0.15) is 0 Å². The number of thiazole rings is 1. The standard InChI is InChI=1S/C15H12F4N4OS/c16-9-2-1-3-10(17)13(9)15-23-11(7-25-15)14(24)22-8(4-20)5-21-6-12(18)19/h1-5,7,12H,6,20H2,(H,22,24). The Balaban J connectivity index is 2.14. The zero-order chi connectivity index (χ0) is 18.4. The molecular weight excluding hydrogens is 360 g/mol. The van der Waals surface area contributed by atoms with Gasteiger partial charge < -0.3 is 11.1 Å². The first kappa shape index (κ1) is 18.6. The number of aliphatic imine (C=N–C) groups is 1. The van der Waals surface area contributed by atoms with Crippen LogP contribution in [0.15, 0.2) is 40.5 Å².